The van der Waals surface area contributed by atoms with Crippen molar-refractivity contribution < 1.29 is 4.74 Å². The molecule has 1 aliphatic heterocycles. The van der Waals surface area contributed by atoms with Crippen LogP contribution in [0.1, 0.15) is 46.5 Å². The van der Waals surface area contributed by atoms with Crippen molar-refractivity contribution in [3.05, 3.63) is 165 Å². The van der Waals surface area contributed by atoms with E-state index in [2.05, 4.69) is 93.3 Å². The van der Waals surface area contributed by atoms with Crippen LogP contribution in [0.15, 0.2) is 132 Å². The van der Waals surface area contributed by atoms with Crippen molar-refractivity contribution in [2.24, 2.45) is 0 Å². The predicted molar refractivity (Wildman–Crippen MR) is 195 cm³/mol. The molecule has 48 heavy (non-hydrogen) atoms. The third-order valence-corrected chi connectivity index (χ3v) is 9.97. The Morgan fingerprint density at radius 3 is 2.08 bits per heavy atom. The zero-order valence-corrected chi connectivity index (χ0v) is 28.0. The molecule has 2 aliphatic rings. The van der Waals surface area contributed by atoms with E-state index in [1.165, 1.54) is 27.1 Å². The van der Waals surface area contributed by atoms with Crippen LogP contribution in [0.4, 0.5) is 17.2 Å². The first-order chi connectivity index (χ1) is 23.2. The molecule has 5 aromatic rings. The number of rotatable bonds is 6. The van der Waals surface area contributed by atoms with Crippen LogP contribution in [0.5, 0.6) is 0 Å². The van der Waals surface area contributed by atoms with Gasteiger partial charge in [-0.2, -0.15) is 10.5 Å². The van der Waals surface area contributed by atoms with E-state index in [4.69, 9.17) is 9.72 Å². The SMILES string of the molecule is Cc1ccc(N(c2ccc(C)cc2)c2cc3c(cn2)-c2sc(/C=C/C4=CC(=C(C#N)C#N)C=C(c5ccccc5)O4)cc2C3(C)C)cc1. The first-order valence-electron chi connectivity index (χ1n) is 15.7. The van der Waals surface area contributed by atoms with Crippen molar-refractivity contribution >= 4 is 40.4 Å². The Kier molecular flexibility index (Phi) is 7.89. The van der Waals surface area contributed by atoms with Gasteiger partial charge in [-0.15, -0.1) is 11.3 Å². The Hall–Kier alpha value is -5.95. The molecule has 0 saturated heterocycles. The van der Waals surface area contributed by atoms with E-state index in [0.717, 1.165) is 33.2 Å². The molecule has 0 spiro atoms. The molecule has 3 aromatic carbocycles. The van der Waals surface area contributed by atoms with E-state index >= 15 is 0 Å². The summed E-state index contributed by atoms with van der Waals surface area (Å²) in [7, 11) is 0. The number of anilines is 3. The fraction of sp³-hybridized carbons (Fsp3) is 0.119. The summed E-state index contributed by atoms with van der Waals surface area (Å²) in [6.45, 7) is 8.75. The number of benzene rings is 3. The van der Waals surface area contributed by atoms with Crippen LogP contribution < -0.4 is 4.90 Å². The largest absolute Gasteiger partial charge is 0.457 e. The van der Waals surface area contributed by atoms with Gasteiger partial charge >= 0.3 is 0 Å². The van der Waals surface area contributed by atoms with Crippen LogP contribution in [0.2, 0.25) is 0 Å². The smallest absolute Gasteiger partial charge is 0.137 e. The van der Waals surface area contributed by atoms with E-state index in [0.29, 0.717) is 17.1 Å². The second-order valence-electron chi connectivity index (χ2n) is 12.5. The van der Waals surface area contributed by atoms with Crippen LogP contribution in [0, 0.1) is 36.5 Å². The molecule has 232 valence electrons. The minimum atomic E-state index is -0.231. The molecule has 1 aliphatic carbocycles. The molecular formula is C42H32N4OS. The summed E-state index contributed by atoms with van der Waals surface area (Å²) < 4.78 is 6.23. The highest BCUT2D eigenvalue weighted by molar-refractivity contribution is 7.16. The maximum atomic E-state index is 9.55. The van der Waals surface area contributed by atoms with Crippen molar-refractivity contribution in [1.29, 1.82) is 10.5 Å². The molecule has 0 fully saturated rings. The Bertz CT molecular complexity index is 2190. The van der Waals surface area contributed by atoms with Crippen LogP contribution in [-0.2, 0) is 10.2 Å². The Morgan fingerprint density at radius 1 is 0.812 bits per heavy atom. The molecule has 0 radical (unpaired) electrons. The first-order valence-corrected chi connectivity index (χ1v) is 16.5. The number of nitriles is 2. The van der Waals surface area contributed by atoms with E-state index in [1.807, 2.05) is 60.8 Å². The second-order valence-corrected chi connectivity index (χ2v) is 13.6. The van der Waals surface area contributed by atoms with E-state index in [-0.39, 0.29) is 11.0 Å². The van der Waals surface area contributed by atoms with Crippen LogP contribution in [-0.4, -0.2) is 4.98 Å². The molecule has 0 bridgehead atoms. The molecule has 0 amide bonds. The predicted octanol–water partition coefficient (Wildman–Crippen LogP) is 10.8. The monoisotopic (exact) mass is 640 g/mol. The lowest BCUT2D eigenvalue weighted by atomic mass is 9.83. The summed E-state index contributed by atoms with van der Waals surface area (Å²) in [6.07, 6.45) is 9.44. The minimum Gasteiger partial charge on any atom is -0.457 e. The Balaban J connectivity index is 1.22. The van der Waals surface area contributed by atoms with Gasteiger partial charge in [0.25, 0.3) is 0 Å². The van der Waals surface area contributed by atoms with E-state index in [9.17, 15) is 10.5 Å². The average molecular weight is 641 g/mol. The summed E-state index contributed by atoms with van der Waals surface area (Å²) in [5.41, 5.74) is 9.43. The molecule has 0 saturated carbocycles. The van der Waals surface area contributed by atoms with Gasteiger partial charge in [0.05, 0.1) is 0 Å². The van der Waals surface area contributed by atoms with Gasteiger partial charge in [0.15, 0.2) is 0 Å². The topological polar surface area (TPSA) is 72.9 Å². The van der Waals surface area contributed by atoms with Crippen molar-refractivity contribution in [2.45, 2.75) is 33.1 Å². The van der Waals surface area contributed by atoms with Gasteiger partial charge in [0.1, 0.15) is 35.0 Å². The highest BCUT2D eigenvalue weighted by atomic mass is 32.1. The highest BCUT2D eigenvalue weighted by Gasteiger charge is 2.38. The van der Waals surface area contributed by atoms with E-state index < -0.39 is 0 Å². The lowest BCUT2D eigenvalue weighted by molar-refractivity contribution is 0.396. The second kappa shape index (κ2) is 12.3. The molecule has 0 N–H and O–H groups in total. The summed E-state index contributed by atoms with van der Waals surface area (Å²) >= 11 is 1.72. The van der Waals surface area contributed by atoms with Gasteiger partial charge in [-0.3, -0.25) is 4.90 Å². The number of fused-ring (bicyclic) bond motifs is 3. The average Bonchev–Trinajstić information content (AvgIpc) is 3.63. The number of nitrogens with zero attached hydrogens (tertiary/aromatic N) is 4. The third kappa shape index (κ3) is 5.64. The van der Waals surface area contributed by atoms with Crippen molar-refractivity contribution in [3.63, 3.8) is 0 Å². The fourth-order valence-corrected chi connectivity index (χ4v) is 7.42. The molecular weight excluding hydrogens is 609 g/mol. The maximum Gasteiger partial charge on any atom is 0.137 e. The molecule has 5 nitrogen and oxygen atoms in total. The van der Waals surface area contributed by atoms with Gasteiger partial charge in [0.2, 0.25) is 0 Å². The van der Waals surface area contributed by atoms with Crippen molar-refractivity contribution in [2.75, 3.05) is 4.90 Å². The van der Waals surface area contributed by atoms with Gasteiger partial charge in [-0.25, -0.2) is 4.98 Å². The normalized spacial score (nSPS) is 14.2. The van der Waals surface area contributed by atoms with Gasteiger partial charge in [-0.05, 0) is 85.7 Å². The third-order valence-electron chi connectivity index (χ3n) is 8.84. The summed E-state index contributed by atoms with van der Waals surface area (Å²) in [5, 5.41) is 19.1. The number of thiophene rings is 1. The van der Waals surface area contributed by atoms with Crippen LogP contribution in [0.3, 0.4) is 0 Å². The van der Waals surface area contributed by atoms with Crippen molar-refractivity contribution in [1.82, 2.24) is 4.98 Å². The number of hydrogen-bond donors (Lipinski definition) is 0. The minimum absolute atomic E-state index is 0.0429. The molecule has 0 atom stereocenters. The number of ether oxygens (including phenoxy) is 1. The lowest BCUT2D eigenvalue weighted by Gasteiger charge is -2.27. The number of hydrogen-bond acceptors (Lipinski definition) is 6. The first kappa shape index (κ1) is 30.7. The van der Waals surface area contributed by atoms with Gasteiger partial charge in [-0.1, -0.05) is 79.6 Å². The molecule has 3 heterocycles. The van der Waals surface area contributed by atoms with Crippen molar-refractivity contribution in [3.8, 4) is 22.6 Å². The van der Waals surface area contributed by atoms with Gasteiger partial charge < -0.3 is 4.74 Å². The Labute approximate surface area is 285 Å². The van der Waals surface area contributed by atoms with Crippen LogP contribution >= 0.6 is 11.3 Å². The summed E-state index contributed by atoms with van der Waals surface area (Å²) in [4.78, 5) is 9.55. The van der Waals surface area contributed by atoms with Crippen LogP contribution in [0.25, 0.3) is 22.3 Å². The molecule has 2 aromatic heterocycles. The standard InChI is InChI=1S/C42H32N4OS/c1-27-10-14-32(15-11-27)46(33-16-12-28(2)13-17-33)40-23-37-36(26-45-40)41-38(42(37,3)4)22-35(48-41)19-18-34-20-30(31(24-43)25-44)21-39(47-34)29-8-6-5-7-9-29/h5-23,26H,1-4H3/b19-18+. The number of aryl methyl sites for hydroxylation is 2. The number of pyridine rings is 1. The zero-order chi connectivity index (χ0) is 33.4. The fourth-order valence-electron chi connectivity index (χ4n) is 6.18. The Morgan fingerprint density at radius 2 is 1.46 bits per heavy atom. The van der Waals surface area contributed by atoms with E-state index in [1.54, 1.807) is 23.5 Å². The number of aromatic nitrogens is 1. The number of allylic oxidation sites excluding steroid dienone is 5. The quantitative estimate of drug-likeness (QED) is 0.173. The molecule has 6 heteroatoms. The lowest BCUT2D eigenvalue weighted by Crippen LogP contribution is -2.17. The van der Waals surface area contributed by atoms with Gasteiger partial charge in [0, 0.05) is 49.4 Å². The zero-order valence-electron chi connectivity index (χ0n) is 27.2. The maximum absolute atomic E-state index is 9.55. The highest BCUT2D eigenvalue weighted by Crippen LogP contribution is 2.53. The molecule has 7 rings (SSSR count). The molecule has 0 unspecified atom stereocenters. The summed E-state index contributed by atoms with van der Waals surface area (Å²) in [6, 6.07) is 35.3. The summed E-state index contributed by atoms with van der Waals surface area (Å²) in [5.74, 6) is 2.03.